The van der Waals surface area contributed by atoms with Crippen LogP contribution in [0.2, 0.25) is 0 Å². The maximum absolute atomic E-state index is 13.1. The van der Waals surface area contributed by atoms with Crippen LogP contribution in [0.15, 0.2) is 5.03 Å². The predicted octanol–water partition coefficient (Wildman–Crippen LogP) is 6.27. The van der Waals surface area contributed by atoms with Gasteiger partial charge in [0.05, 0.1) is 5.75 Å². The van der Waals surface area contributed by atoms with Crippen LogP contribution >= 0.6 is 23.1 Å². The Labute approximate surface area is 200 Å². The number of thioether (sulfide) groups is 1. The molecular formula is C26H35N3OS2. The van der Waals surface area contributed by atoms with Gasteiger partial charge < -0.3 is 4.90 Å². The Kier molecular flexibility index (Phi) is 5.33. The highest BCUT2D eigenvalue weighted by Crippen LogP contribution is 2.60. The number of thiophene rings is 1. The molecule has 172 valence electrons. The van der Waals surface area contributed by atoms with Gasteiger partial charge in [-0.1, -0.05) is 11.8 Å². The van der Waals surface area contributed by atoms with Gasteiger partial charge in [0.15, 0.2) is 0 Å². The van der Waals surface area contributed by atoms with Crippen molar-refractivity contribution in [3.8, 4) is 0 Å². The van der Waals surface area contributed by atoms with Crippen molar-refractivity contribution >= 4 is 39.2 Å². The first-order chi connectivity index (χ1) is 15.4. The van der Waals surface area contributed by atoms with E-state index < -0.39 is 0 Å². The summed E-state index contributed by atoms with van der Waals surface area (Å²) in [6.07, 6.45) is 11.7. The Morgan fingerprint density at radius 3 is 2.44 bits per heavy atom. The van der Waals surface area contributed by atoms with Crippen molar-refractivity contribution < 1.29 is 4.79 Å². The lowest BCUT2D eigenvalue weighted by molar-refractivity contribution is -0.131. The zero-order chi connectivity index (χ0) is 22.0. The third kappa shape index (κ3) is 3.51. The van der Waals surface area contributed by atoms with Gasteiger partial charge in [-0.3, -0.25) is 4.79 Å². The molecule has 0 unspecified atom stereocenters. The molecule has 7 rings (SSSR count). The number of likely N-dealkylation sites (tertiary alicyclic amines) is 1. The molecule has 4 aliphatic carbocycles. The number of nitrogens with zero attached hydrogens (tertiary/aromatic N) is 3. The minimum Gasteiger partial charge on any atom is -0.339 e. The monoisotopic (exact) mass is 469 g/mol. The van der Waals surface area contributed by atoms with Gasteiger partial charge in [0.25, 0.3) is 0 Å². The molecule has 5 fully saturated rings. The Hall–Kier alpha value is -1.14. The van der Waals surface area contributed by atoms with Gasteiger partial charge in [0.1, 0.15) is 15.7 Å². The van der Waals surface area contributed by atoms with Crippen molar-refractivity contribution in [3.63, 3.8) is 0 Å². The van der Waals surface area contributed by atoms with E-state index in [4.69, 9.17) is 9.97 Å². The zero-order valence-corrected chi connectivity index (χ0v) is 21.3. The molecule has 2 aromatic heterocycles. The van der Waals surface area contributed by atoms with E-state index in [2.05, 4.69) is 25.7 Å². The summed E-state index contributed by atoms with van der Waals surface area (Å²) in [5.41, 5.74) is 1.48. The van der Waals surface area contributed by atoms with Crippen LogP contribution < -0.4 is 0 Å². The van der Waals surface area contributed by atoms with Gasteiger partial charge in [-0.05, 0) is 102 Å². The van der Waals surface area contributed by atoms with E-state index in [0.717, 1.165) is 52.8 Å². The Bertz CT molecular complexity index is 1030. The van der Waals surface area contributed by atoms with Crippen LogP contribution in [0.25, 0.3) is 10.2 Å². The number of aryl methyl sites for hydroxylation is 2. The molecule has 4 nitrogen and oxygen atoms in total. The largest absolute Gasteiger partial charge is 0.339 e. The molecule has 0 spiro atoms. The van der Waals surface area contributed by atoms with Crippen molar-refractivity contribution in [1.29, 1.82) is 0 Å². The van der Waals surface area contributed by atoms with E-state index in [1.165, 1.54) is 60.8 Å². The molecule has 1 amide bonds. The van der Waals surface area contributed by atoms with Crippen LogP contribution in [0.5, 0.6) is 0 Å². The fourth-order valence-corrected chi connectivity index (χ4v) is 9.69. The summed E-state index contributed by atoms with van der Waals surface area (Å²) in [7, 11) is 0. The Morgan fingerprint density at radius 2 is 1.78 bits per heavy atom. The normalized spacial score (nSPS) is 33.9. The van der Waals surface area contributed by atoms with Crippen molar-refractivity contribution in [2.45, 2.75) is 95.0 Å². The van der Waals surface area contributed by atoms with Gasteiger partial charge in [-0.15, -0.1) is 11.3 Å². The zero-order valence-electron chi connectivity index (χ0n) is 19.7. The summed E-state index contributed by atoms with van der Waals surface area (Å²) < 4.78 is 0. The molecular weight excluding hydrogens is 434 g/mol. The maximum atomic E-state index is 13.1. The van der Waals surface area contributed by atoms with Crippen LogP contribution in [-0.4, -0.2) is 39.1 Å². The molecule has 4 bridgehead atoms. The van der Waals surface area contributed by atoms with Gasteiger partial charge >= 0.3 is 0 Å². The number of rotatable bonds is 4. The molecule has 5 aliphatic rings. The number of hydrogen-bond donors (Lipinski definition) is 0. The predicted molar refractivity (Wildman–Crippen MR) is 132 cm³/mol. The Morgan fingerprint density at radius 1 is 1.09 bits per heavy atom. The summed E-state index contributed by atoms with van der Waals surface area (Å²) >= 11 is 3.48. The minimum atomic E-state index is 0.190. The van der Waals surface area contributed by atoms with E-state index in [1.54, 1.807) is 11.8 Å². The van der Waals surface area contributed by atoms with E-state index in [-0.39, 0.29) is 11.3 Å². The molecule has 0 aromatic carbocycles. The highest BCUT2D eigenvalue weighted by atomic mass is 32.2. The van der Waals surface area contributed by atoms with Gasteiger partial charge in [-0.2, -0.15) is 0 Å². The van der Waals surface area contributed by atoms with Gasteiger partial charge in [-0.25, -0.2) is 9.97 Å². The van der Waals surface area contributed by atoms with Crippen LogP contribution in [0.4, 0.5) is 0 Å². The molecule has 3 heterocycles. The smallest absolute Gasteiger partial charge is 0.233 e. The summed E-state index contributed by atoms with van der Waals surface area (Å²) in [5, 5.41) is 2.26. The Balaban J connectivity index is 1.34. The standard InChI is InChI=1S/C26H35N3OS2/c1-15-6-4-5-7-29(15)21(30)14-31-23-22-16(2)17(3)32-24(22)28-25(27-23)26-11-18-8-19(12-26)10-20(9-18)13-26/h15,18-20H,4-14H2,1-3H3/t15-,18?,19?,20?,26?/m0/s1. The van der Waals surface area contributed by atoms with Crippen LogP contribution in [0, 0.1) is 31.6 Å². The quantitative estimate of drug-likeness (QED) is 0.391. The number of amides is 1. The molecule has 0 radical (unpaired) electrons. The third-order valence-electron chi connectivity index (χ3n) is 8.96. The minimum absolute atomic E-state index is 0.190. The van der Waals surface area contributed by atoms with Gasteiger partial charge in [0.2, 0.25) is 5.91 Å². The molecule has 2 aromatic rings. The van der Waals surface area contributed by atoms with Gasteiger partial charge in [0, 0.05) is 28.3 Å². The molecule has 1 aliphatic heterocycles. The molecule has 1 saturated heterocycles. The average molecular weight is 470 g/mol. The molecule has 0 N–H and O–H groups in total. The van der Waals surface area contributed by atoms with Crippen molar-refractivity contribution in [1.82, 2.24) is 14.9 Å². The fourth-order valence-electron chi connectivity index (χ4n) is 7.62. The third-order valence-corrected chi connectivity index (χ3v) is 11.0. The fraction of sp³-hybridized carbons (Fsp3) is 0.731. The first-order valence-corrected chi connectivity index (χ1v) is 14.4. The first-order valence-electron chi connectivity index (χ1n) is 12.6. The van der Waals surface area contributed by atoms with Crippen LogP contribution in [0.1, 0.15) is 81.0 Å². The van der Waals surface area contributed by atoms with Crippen molar-refractivity contribution in [3.05, 3.63) is 16.3 Å². The van der Waals surface area contributed by atoms with Crippen molar-refractivity contribution in [2.24, 2.45) is 17.8 Å². The lowest BCUT2D eigenvalue weighted by Crippen LogP contribution is -2.49. The first kappa shape index (κ1) is 21.4. The van der Waals surface area contributed by atoms with E-state index >= 15 is 0 Å². The molecule has 6 heteroatoms. The molecule has 1 atom stereocenters. The van der Waals surface area contributed by atoms with Crippen LogP contribution in [-0.2, 0) is 10.2 Å². The topological polar surface area (TPSA) is 46.1 Å². The molecule has 4 saturated carbocycles. The number of carbonyl (C=O) groups excluding carboxylic acids is 1. The number of piperidine rings is 1. The highest BCUT2D eigenvalue weighted by molar-refractivity contribution is 8.00. The van der Waals surface area contributed by atoms with E-state index in [9.17, 15) is 4.79 Å². The highest BCUT2D eigenvalue weighted by Gasteiger charge is 2.53. The number of hydrogen-bond acceptors (Lipinski definition) is 5. The van der Waals surface area contributed by atoms with E-state index in [0.29, 0.717) is 11.8 Å². The van der Waals surface area contributed by atoms with Crippen LogP contribution in [0.3, 0.4) is 0 Å². The second-order valence-corrected chi connectivity index (χ2v) is 13.4. The lowest BCUT2D eigenvalue weighted by Gasteiger charge is -2.56. The summed E-state index contributed by atoms with van der Waals surface area (Å²) in [4.78, 5) is 28.2. The molecule has 32 heavy (non-hydrogen) atoms. The second-order valence-electron chi connectivity index (χ2n) is 11.2. The summed E-state index contributed by atoms with van der Waals surface area (Å²) in [5.74, 6) is 4.51. The SMILES string of the molecule is Cc1sc2nc(C34CC5CC(CC(C5)C3)C4)nc(SCC(=O)N3CCCC[C@@H]3C)c2c1C. The second kappa shape index (κ2) is 7.97. The summed E-state index contributed by atoms with van der Waals surface area (Å²) in [6, 6.07) is 0.370. The number of fused-ring (bicyclic) bond motifs is 1. The number of carbonyl (C=O) groups is 1. The van der Waals surface area contributed by atoms with Crippen molar-refractivity contribution in [2.75, 3.05) is 12.3 Å². The summed E-state index contributed by atoms with van der Waals surface area (Å²) in [6.45, 7) is 7.50. The van der Waals surface area contributed by atoms with E-state index in [1.807, 2.05) is 11.3 Å². The number of aromatic nitrogens is 2. The average Bonchev–Trinajstić information content (AvgIpc) is 3.05. The lowest BCUT2D eigenvalue weighted by atomic mass is 9.49. The maximum Gasteiger partial charge on any atom is 0.233 e.